The predicted molar refractivity (Wildman–Crippen MR) is 180 cm³/mol. The van der Waals surface area contributed by atoms with Gasteiger partial charge in [0.2, 0.25) is 5.91 Å². The number of ether oxygens (including phenoxy) is 4. The third-order valence-electron chi connectivity index (χ3n) is 7.74. The molecule has 0 aliphatic carbocycles. The number of rotatable bonds is 12. The van der Waals surface area contributed by atoms with Crippen molar-refractivity contribution in [3.05, 3.63) is 107 Å². The first-order valence-corrected chi connectivity index (χ1v) is 15.9. The molecule has 1 saturated heterocycles. The monoisotopic (exact) mass is 719 g/mol. The Morgan fingerprint density at radius 1 is 1.04 bits per heavy atom. The van der Waals surface area contributed by atoms with Crippen molar-refractivity contribution in [2.75, 3.05) is 24.3 Å². The van der Waals surface area contributed by atoms with Crippen molar-refractivity contribution in [2.24, 2.45) is 0 Å². The van der Waals surface area contributed by atoms with Crippen LogP contribution in [-0.2, 0) is 36.8 Å². The van der Waals surface area contributed by atoms with E-state index in [1.165, 1.54) is 41.5 Å². The summed E-state index contributed by atoms with van der Waals surface area (Å²) in [5.74, 6) is -1.20. The summed E-state index contributed by atoms with van der Waals surface area (Å²) in [5, 5.41) is 16.5. The summed E-state index contributed by atoms with van der Waals surface area (Å²) in [6, 6.07) is 17.4. The van der Waals surface area contributed by atoms with Crippen molar-refractivity contribution >= 4 is 52.2 Å². The van der Waals surface area contributed by atoms with Crippen LogP contribution in [0.15, 0.2) is 85.5 Å². The van der Waals surface area contributed by atoms with Crippen molar-refractivity contribution in [2.45, 2.75) is 37.5 Å². The number of carbonyl (C=O) groups is 3. The van der Waals surface area contributed by atoms with Crippen molar-refractivity contribution in [1.82, 2.24) is 24.8 Å². The number of nitrogens with two attached hydrogens (primary N) is 1. The molecule has 6 rings (SSSR count). The van der Waals surface area contributed by atoms with Crippen LogP contribution < -0.4 is 21.1 Å². The van der Waals surface area contributed by atoms with Gasteiger partial charge in [-0.1, -0.05) is 48.0 Å². The number of imidazole rings is 1. The first-order valence-electron chi connectivity index (χ1n) is 15.5. The van der Waals surface area contributed by atoms with Crippen molar-refractivity contribution in [1.29, 1.82) is 0 Å². The van der Waals surface area contributed by atoms with Crippen LogP contribution in [0.5, 0.6) is 5.75 Å². The fraction of sp³-hybridized carbons (Fsp3) is 0.235. The van der Waals surface area contributed by atoms with Crippen LogP contribution in [0.3, 0.4) is 0 Å². The molecule has 1 aliphatic heterocycles. The van der Waals surface area contributed by atoms with E-state index in [2.05, 4.69) is 25.6 Å². The van der Waals surface area contributed by atoms with Gasteiger partial charge in [0.1, 0.15) is 42.7 Å². The number of nitrogens with one attached hydrogen (secondary N) is 2. The molecular weight excluding hydrogens is 689 g/mol. The van der Waals surface area contributed by atoms with E-state index in [0.717, 1.165) is 0 Å². The summed E-state index contributed by atoms with van der Waals surface area (Å²) in [6.45, 7) is -0.741. The van der Waals surface area contributed by atoms with Crippen LogP contribution in [0.1, 0.15) is 17.4 Å². The van der Waals surface area contributed by atoms with E-state index in [1.54, 1.807) is 48.5 Å². The highest BCUT2D eigenvalue weighted by Gasteiger charge is 2.42. The molecule has 15 nitrogen and oxygen atoms in total. The lowest BCUT2D eigenvalue weighted by atomic mass is 10.1. The minimum atomic E-state index is -1.39. The second-order valence-electron chi connectivity index (χ2n) is 11.3. The quantitative estimate of drug-likeness (QED) is 0.137. The second-order valence-corrected chi connectivity index (χ2v) is 11.7. The van der Waals surface area contributed by atoms with Gasteiger partial charge in [0.05, 0.1) is 24.4 Å². The summed E-state index contributed by atoms with van der Waals surface area (Å²) in [5.41, 5.74) is 8.25. The van der Waals surface area contributed by atoms with E-state index in [-0.39, 0.29) is 54.6 Å². The van der Waals surface area contributed by atoms with E-state index in [1.807, 2.05) is 0 Å². The van der Waals surface area contributed by atoms with Gasteiger partial charge in [-0.25, -0.2) is 28.9 Å². The zero-order valence-corrected chi connectivity index (χ0v) is 27.4. The minimum absolute atomic E-state index is 0.0647. The summed E-state index contributed by atoms with van der Waals surface area (Å²) in [7, 11) is 0. The SMILES string of the molecule is Nc1ncnc2c1ncn2C1OCC(OC(=O)[C@H](COc2ccccc2Cl)NC(=O)OCc2ccc(NC(=O)Cc3ccc(F)cc3)cc2)C1O. The molecule has 3 aromatic carbocycles. The number of nitrogens with zero attached hydrogens (tertiary/aromatic N) is 4. The van der Waals surface area contributed by atoms with Crippen LogP contribution >= 0.6 is 11.6 Å². The van der Waals surface area contributed by atoms with Gasteiger partial charge in [0, 0.05) is 5.69 Å². The Morgan fingerprint density at radius 2 is 1.78 bits per heavy atom. The summed E-state index contributed by atoms with van der Waals surface area (Å²) in [6.07, 6.45) is -1.74. The zero-order chi connectivity index (χ0) is 35.9. The Hall–Kier alpha value is -5.84. The highest BCUT2D eigenvalue weighted by atomic mass is 35.5. The Labute approximate surface area is 294 Å². The number of benzene rings is 3. The maximum absolute atomic E-state index is 13.4. The van der Waals surface area contributed by atoms with Gasteiger partial charge < -0.3 is 40.4 Å². The van der Waals surface area contributed by atoms with Gasteiger partial charge in [0.25, 0.3) is 0 Å². The van der Waals surface area contributed by atoms with Crippen LogP contribution in [0.2, 0.25) is 5.02 Å². The highest BCUT2D eigenvalue weighted by Crippen LogP contribution is 2.30. The molecule has 264 valence electrons. The molecule has 2 aromatic heterocycles. The average Bonchev–Trinajstić information content (AvgIpc) is 3.71. The fourth-order valence-corrected chi connectivity index (χ4v) is 5.31. The zero-order valence-electron chi connectivity index (χ0n) is 26.6. The maximum atomic E-state index is 13.4. The standard InChI is InChI=1S/C34H31ClFN7O8/c35-23-3-1-2-4-25(23)48-15-24(33(46)51-26-16-49-32(29(26)45)43-18-40-28-30(37)38-17-39-31(28)43)42-34(47)50-14-20-7-11-22(12-8-20)41-27(44)13-19-5-9-21(36)10-6-19/h1-12,17-18,24,26,29,32,45H,13-16H2,(H,41,44)(H,42,47)(H2,37,38,39)/t24-,26?,29?,32?/m0/s1. The lowest BCUT2D eigenvalue weighted by molar-refractivity contribution is -0.156. The number of hydrogen-bond donors (Lipinski definition) is 4. The number of amides is 2. The summed E-state index contributed by atoms with van der Waals surface area (Å²) in [4.78, 5) is 50.9. The molecule has 1 aliphatic rings. The van der Waals surface area contributed by atoms with Gasteiger partial charge >= 0.3 is 12.1 Å². The Morgan fingerprint density at radius 3 is 2.55 bits per heavy atom. The van der Waals surface area contributed by atoms with Gasteiger partial charge in [-0.05, 0) is 47.5 Å². The number of carbonyl (C=O) groups excluding carboxylic acids is 3. The molecule has 5 N–H and O–H groups in total. The molecule has 5 aromatic rings. The third-order valence-corrected chi connectivity index (χ3v) is 8.05. The van der Waals surface area contributed by atoms with Crippen molar-refractivity contribution < 1.29 is 42.8 Å². The van der Waals surface area contributed by atoms with Crippen LogP contribution in [0.25, 0.3) is 11.2 Å². The number of hydrogen-bond acceptors (Lipinski definition) is 12. The molecule has 0 saturated carbocycles. The van der Waals surface area contributed by atoms with Gasteiger partial charge in [-0.15, -0.1) is 0 Å². The van der Waals surface area contributed by atoms with Crippen molar-refractivity contribution in [3.8, 4) is 5.75 Å². The van der Waals surface area contributed by atoms with E-state index >= 15 is 0 Å². The first kappa shape index (κ1) is 35.0. The Kier molecular flexibility index (Phi) is 10.8. The first-order chi connectivity index (χ1) is 24.6. The molecule has 0 spiro atoms. The normalized spacial score (nSPS) is 17.4. The maximum Gasteiger partial charge on any atom is 0.408 e. The number of aliphatic hydroxyl groups is 1. The largest absolute Gasteiger partial charge is 0.489 e. The van der Waals surface area contributed by atoms with E-state index in [4.69, 9.17) is 36.3 Å². The van der Waals surface area contributed by atoms with Gasteiger partial charge in [-0.3, -0.25) is 9.36 Å². The molecule has 51 heavy (non-hydrogen) atoms. The molecule has 4 atom stereocenters. The number of aromatic nitrogens is 4. The summed E-state index contributed by atoms with van der Waals surface area (Å²) >= 11 is 6.20. The number of anilines is 2. The number of fused-ring (bicyclic) bond motifs is 1. The number of esters is 1. The Bertz CT molecular complexity index is 2010. The Balaban J connectivity index is 1.05. The van der Waals surface area contributed by atoms with Crippen LogP contribution in [0, 0.1) is 5.82 Å². The predicted octanol–water partition coefficient (Wildman–Crippen LogP) is 3.56. The van der Waals surface area contributed by atoms with Crippen LogP contribution in [0.4, 0.5) is 20.7 Å². The second kappa shape index (κ2) is 15.8. The fourth-order valence-electron chi connectivity index (χ4n) is 5.12. The van der Waals surface area contributed by atoms with E-state index in [9.17, 15) is 23.9 Å². The average molecular weight is 720 g/mol. The molecule has 3 heterocycles. The molecule has 3 unspecified atom stereocenters. The molecule has 17 heteroatoms. The summed E-state index contributed by atoms with van der Waals surface area (Å²) < 4.78 is 36.9. The number of alkyl carbamates (subject to hydrolysis) is 1. The lowest BCUT2D eigenvalue weighted by Gasteiger charge is -2.22. The number of halogens is 2. The topological polar surface area (TPSA) is 202 Å². The molecule has 0 bridgehead atoms. The number of aliphatic hydroxyl groups excluding tert-OH is 1. The minimum Gasteiger partial charge on any atom is -0.489 e. The smallest absolute Gasteiger partial charge is 0.408 e. The molecule has 2 amide bonds. The number of nitrogen functional groups attached to an aromatic ring is 1. The van der Waals surface area contributed by atoms with Crippen LogP contribution in [-0.4, -0.2) is 74.1 Å². The van der Waals surface area contributed by atoms with Gasteiger partial charge in [-0.2, -0.15) is 0 Å². The van der Waals surface area contributed by atoms with E-state index in [0.29, 0.717) is 28.0 Å². The lowest BCUT2D eigenvalue weighted by Crippen LogP contribution is -2.48. The highest BCUT2D eigenvalue weighted by molar-refractivity contribution is 6.32. The van der Waals surface area contributed by atoms with Crippen molar-refractivity contribution in [3.63, 3.8) is 0 Å². The van der Waals surface area contributed by atoms with E-state index < -0.39 is 36.5 Å². The number of para-hydroxylation sites is 1. The molecule has 1 fully saturated rings. The third kappa shape index (κ3) is 8.67. The molecular formula is C34H31ClFN7O8. The van der Waals surface area contributed by atoms with Gasteiger partial charge in [0.15, 0.2) is 29.8 Å². The molecule has 0 radical (unpaired) electrons.